The third-order valence-corrected chi connectivity index (χ3v) is 4.03. The first kappa shape index (κ1) is 12.3. The van der Waals surface area contributed by atoms with Gasteiger partial charge < -0.3 is 15.1 Å². The van der Waals surface area contributed by atoms with Crippen molar-refractivity contribution in [3.63, 3.8) is 0 Å². The molecule has 0 aliphatic carbocycles. The normalized spacial score (nSPS) is 17.7. The zero-order valence-corrected chi connectivity index (χ0v) is 11.3. The van der Waals surface area contributed by atoms with Crippen LogP contribution in [0.1, 0.15) is 18.4 Å². The minimum Gasteiger partial charge on any atom is -0.369 e. The van der Waals surface area contributed by atoms with Crippen molar-refractivity contribution < 1.29 is 4.79 Å². The zero-order chi connectivity index (χ0) is 13.1. The van der Waals surface area contributed by atoms with Gasteiger partial charge in [-0.25, -0.2) is 4.79 Å². The molecule has 1 fully saturated rings. The summed E-state index contributed by atoms with van der Waals surface area (Å²) in [5.74, 6) is 0. The third kappa shape index (κ3) is 2.67. The fourth-order valence-electron chi connectivity index (χ4n) is 2.97. The van der Waals surface area contributed by atoms with E-state index in [9.17, 15) is 4.79 Å². The molecule has 0 bridgehead atoms. The lowest BCUT2D eigenvalue weighted by Gasteiger charge is -2.21. The minimum absolute atomic E-state index is 0.102. The van der Waals surface area contributed by atoms with E-state index < -0.39 is 0 Å². The van der Waals surface area contributed by atoms with Gasteiger partial charge in [0.25, 0.3) is 0 Å². The second-order valence-corrected chi connectivity index (χ2v) is 5.29. The lowest BCUT2D eigenvalue weighted by Crippen LogP contribution is -2.41. The number of nitrogens with one attached hydrogen (secondary N) is 1. The third-order valence-electron chi connectivity index (χ3n) is 4.03. The van der Waals surface area contributed by atoms with Crippen LogP contribution in [0.2, 0.25) is 0 Å². The van der Waals surface area contributed by atoms with E-state index in [1.165, 1.54) is 11.3 Å². The number of para-hydroxylation sites is 1. The van der Waals surface area contributed by atoms with Gasteiger partial charge in [0.05, 0.1) is 0 Å². The fourth-order valence-corrected chi connectivity index (χ4v) is 2.97. The molecule has 2 aliphatic rings. The summed E-state index contributed by atoms with van der Waals surface area (Å²) in [5, 5.41) is 3.03. The van der Waals surface area contributed by atoms with Crippen molar-refractivity contribution in [2.24, 2.45) is 0 Å². The van der Waals surface area contributed by atoms with E-state index in [1.807, 2.05) is 4.90 Å². The molecule has 2 aliphatic heterocycles. The van der Waals surface area contributed by atoms with Crippen LogP contribution in [0.3, 0.4) is 0 Å². The number of likely N-dealkylation sites (tertiary alicyclic amines) is 1. The van der Waals surface area contributed by atoms with Gasteiger partial charge in [-0.3, -0.25) is 0 Å². The fraction of sp³-hybridized carbons (Fsp3) is 0.533. The summed E-state index contributed by atoms with van der Waals surface area (Å²) >= 11 is 0. The lowest BCUT2D eigenvalue weighted by molar-refractivity contribution is 0.209. The van der Waals surface area contributed by atoms with E-state index in [1.54, 1.807) is 0 Å². The van der Waals surface area contributed by atoms with Crippen molar-refractivity contribution in [2.75, 3.05) is 37.6 Å². The number of benzene rings is 1. The Morgan fingerprint density at radius 3 is 2.79 bits per heavy atom. The molecule has 4 nitrogen and oxygen atoms in total. The number of nitrogens with zero attached hydrogens (tertiary/aromatic N) is 2. The van der Waals surface area contributed by atoms with Crippen molar-refractivity contribution in [2.45, 2.75) is 19.3 Å². The number of hydrogen-bond acceptors (Lipinski definition) is 2. The van der Waals surface area contributed by atoms with Crippen molar-refractivity contribution in [3.8, 4) is 0 Å². The number of fused-ring (bicyclic) bond motifs is 1. The van der Waals surface area contributed by atoms with Gasteiger partial charge in [0, 0.05) is 38.4 Å². The number of rotatable bonds is 3. The van der Waals surface area contributed by atoms with Gasteiger partial charge in [-0.1, -0.05) is 18.2 Å². The number of anilines is 1. The smallest absolute Gasteiger partial charge is 0.317 e. The van der Waals surface area contributed by atoms with Gasteiger partial charge in [-0.05, 0) is 30.9 Å². The van der Waals surface area contributed by atoms with Gasteiger partial charge in [-0.2, -0.15) is 0 Å². The summed E-state index contributed by atoms with van der Waals surface area (Å²) in [7, 11) is 0. The zero-order valence-electron chi connectivity index (χ0n) is 11.3. The number of amides is 2. The van der Waals surface area contributed by atoms with Gasteiger partial charge in [0.1, 0.15) is 0 Å². The van der Waals surface area contributed by atoms with E-state index in [2.05, 4.69) is 34.5 Å². The average Bonchev–Trinajstić information content (AvgIpc) is 3.08. The quantitative estimate of drug-likeness (QED) is 0.899. The Kier molecular flexibility index (Phi) is 3.58. The molecule has 2 heterocycles. The van der Waals surface area contributed by atoms with Crippen molar-refractivity contribution in [3.05, 3.63) is 29.8 Å². The summed E-state index contributed by atoms with van der Waals surface area (Å²) in [6.07, 6.45) is 3.41. The summed E-state index contributed by atoms with van der Waals surface area (Å²) < 4.78 is 0. The molecule has 1 N–H and O–H groups in total. The lowest BCUT2D eigenvalue weighted by atomic mass is 10.2. The monoisotopic (exact) mass is 259 g/mol. The molecule has 0 unspecified atom stereocenters. The highest BCUT2D eigenvalue weighted by Gasteiger charge is 2.19. The largest absolute Gasteiger partial charge is 0.369 e. The van der Waals surface area contributed by atoms with Gasteiger partial charge in [-0.15, -0.1) is 0 Å². The molecule has 0 aromatic heterocycles. The second kappa shape index (κ2) is 5.51. The number of carbonyl (C=O) groups is 1. The Morgan fingerprint density at radius 2 is 1.95 bits per heavy atom. The van der Waals surface area contributed by atoms with Crippen LogP contribution in [0, 0.1) is 0 Å². The first-order valence-corrected chi connectivity index (χ1v) is 7.20. The summed E-state index contributed by atoms with van der Waals surface area (Å²) in [6.45, 7) is 4.52. The number of urea groups is 1. The van der Waals surface area contributed by atoms with Crippen LogP contribution in [0.15, 0.2) is 24.3 Å². The number of hydrogen-bond donors (Lipinski definition) is 1. The molecule has 1 aromatic rings. The van der Waals surface area contributed by atoms with E-state index in [0.29, 0.717) is 0 Å². The Hall–Kier alpha value is -1.71. The van der Waals surface area contributed by atoms with Crippen LogP contribution >= 0.6 is 0 Å². The van der Waals surface area contributed by atoms with Crippen LogP contribution in [-0.2, 0) is 6.42 Å². The topological polar surface area (TPSA) is 35.6 Å². The van der Waals surface area contributed by atoms with Crippen LogP contribution in [0.5, 0.6) is 0 Å². The molecular formula is C15H21N3O. The SMILES string of the molecule is O=C(NCCN1CCc2ccccc21)N1CCCC1. The van der Waals surface area contributed by atoms with Crippen molar-refractivity contribution in [1.29, 1.82) is 0 Å². The minimum atomic E-state index is 0.102. The van der Waals surface area contributed by atoms with Gasteiger partial charge in [0.2, 0.25) is 0 Å². The standard InChI is InChI=1S/C15H21N3O/c19-15(18-9-3-4-10-18)16-8-12-17-11-7-13-5-1-2-6-14(13)17/h1-2,5-6H,3-4,7-12H2,(H,16,19). The second-order valence-electron chi connectivity index (χ2n) is 5.29. The van der Waals surface area contributed by atoms with E-state index >= 15 is 0 Å². The highest BCUT2D eigenvalue weighted by atomic mass is 16.2. The van der Waals surface area contributed by atoms with Crippen LogP contribution < -0.4 is 10.2 Å². The van der Waals surface area contributed by atoms with Gasteiger partial charge >= 0.3 is 6.03 Å². The molecule has 102 valence electrons. The molecule has 2 amide bonds. The number of carbonyl (C=O) groups excluding carboxylic acids is 1. The van der Waals surface area contributed by atoms with Crippen LogP contribution in [0.4, 0.5) is 10.5 Å². The highest BCUT2D eigenvalue weighted by Crippen LogP contribution is 2.26. The maximum Gasteiger partial charge on any atom is 0.317 e. The maximum atomic E-state index is 11.9. The Bertz CT molecular complexity index is 454. The first-order valence-electron chi connectivity index (χ1n) is 7.20. The molecule has 0 saturated carbocycles. The summed E-state index contributed by atoms with van der Waals surface area (Å²) in [6, 6.07) is 8.64. The molecular weight excluding hydrogens is 238 g/mol. The Balaban J connectivity index is 1.47. The molecule has 19 heavy (non-hydrogen) atoms. The van der Waals surface area contributed by atoms with Crippen molar-refractivity contribution >= 4 is 11.7 Å². The summed E-state index contributed by atoms with van der Waals surface area (Å²) in [4.78, 5) is 16.1. The predicted molar refractivity (Wildman–Crippen MR) is 76.6 cm³/mol. The van der Waals surface area contributed by atoms with E-state index in [-0.39, 0.29) is 6.03 Å². The van der Waals surface area contributed by atoms with Crippen molar-refractivity contribution in [1.82, 2.24) is 10.2 Å². The van der Waals surface area contributed by atoms with Gasteiger partial charge in [0.15, 0.2) is 0 Å². The molecule has 0 radical (unpaired) electrons. The molecule has 4 heteroatoms. The molecule has 3 rings (SSSR count). The molecule has 0 spiro atoms. The Labute approximate surface area is 114 Å². The predicted octanol–water partition coefficient (Wildman–Crippen LogP) is 1.85. The Morgan fingerprint density at radius 1 is 1.16 bits per heavy atom. The molecule has 0 atom stereocenters. The van der Waals surface area contributed by atoms with E-state index in [0.717, 1.165) is 52.0 Å². The van der Waals surface area contributed by atoms with Crippen LogP contribution in [0.25, 0.3) is 0 Å². The summed E-state index contributed by atoms with van der Waals surface area (Å²) in [5.41, 5.74) is 2.76. The first-order chi connectivity index (χ1) is 9.34. The molecule has 1 aromatic carbocycles. The van der Waals surface area contributed by atoms with E-state index in [4.69, 9.17) is 0 Å². The van der Waals surface area contributed by atoms with Crippen LogP contribution in [-0.4, -0.2) is 43.7 Å². The average molecular weight is 259 g/mol. The maximum absolute atomic E-state index is 11.9. The highest BCUT2D eigenvalue weighted by molar-refractivity contribution is 5.74. The molecule has 1 saturated heterocycles.